The lowest BCUT2D eigenvalue weighted by Crippen LogP contribution is -2.42. The SMILES string of the molecule is COc1ccc2c(c1)C(=O)N(C[C@@]1(C#Cc3cncc(-c4csc(N)n4)c3)CC(=O)NC1=O)C2. The quantitative estimate of drug-likeness (QED) is 0.437. The van der Waals surface area contributed by atoms with Gasteiger partial charge in [-0.2, -0.15) is 0 Å². The van der Waals surface area contributed by atoms with Crippen molar-refractivity contribution in [3.05, 3.63) is 58.7 Å². The summed E-state index contributed by atoms with van der Waals surface area (Å²) < 4.78 is 5.22. The van der Waals surface area contributed by atoms with E-state index in [-0.39, 0.29) is 18.9 Å². The van der Waals surface area contributed by atoms with E-state index < -0.39 is 17.2 Å². The molecule has 9 nitrogen and oxygen atoms in total. The third-order valence-electron chi connectivity index (χ3n) is 5.81. The van der Waals surface area contributed by atoms with Crippen molar-refractivity contribution in [3.63, 3.8) is 0 Å². The van der Waals surface area contributed by atoms with Crippen molar-refractivity contribution in [2.24, 2.45) is 5.41 Å². The molecule has 0 saturated carbocycles. The van der Waals surface area contributed by atoms with Crippen LogP contribution in [0.1, 0.15) is 27.9 Å². The molecule has 3 amide bonds. The molecule has 0 radical (unpaired) electrons. The lowest BCUT2D eigenvalue weighted by atomic mass is 9.85. The number of benzene rings is 1. The first-order chi connectivity index (χ1) is 16.4. The minimum Gasteiger partial charge on any atom is -0.497 e. The minimum absolute atomic E-state index is 0.0108. The zero-order chi connectivity index (χ0) is 23.9. The molecule has 0 spiro atoms. The highest BCUT2D eigenvalue weighted by molar-refractivity contribution is 7.13. The normalized spacial score (nSPS) is 19.0. The predicted octanol–water partition coefficient (Wildman–Crippen LogP) is 1.84. The molecule has 2 aliphatic heterocycles. The van der Waals surface area contributed by atoms with Gasteiger partial charge in [0.1, 0.15) is 11.2 Å². The highest BCUT2D eigenvalue weighted by atomic mass is 32.1. The van der Waals surface area contributed by atoms with E-state index >= 15 is 0 Å². The molecule has 10 heteroatoms. The summed E-state index contributed by atoms with van der Waals surface area (Å²) >= 11 is 1.32. The fourth-order valence-corrected chi connectivity index (χ4v) is 4.67. The maximum Gasteiger partial charge on any atom is 0.254 e. The summed E-state index contributed by atoms with van der Waals surface area (Å²) in [7, 11) is 1.53. The summed E-state index contributed by atoms with van der Waals surface area (Å²) in [6.45, 7) is 0.314. The molecule has 34 heavy (non-hydrogen) atoms. The number of anilines is 1. The number of nitrogen functional groups attached to an aromatic ring is 1. The molecule has 2 aliphatic rings. The topological polar surface area (TPSA) is 128 Å². The van der Waals surface area contributed by atoms with Crippen molar-refractivity contribution in [2.75, 3.05) is 19.4 Å². The molecule has 3 N–H and O–H groups in total. The van der Waals surface area contributed by atoms with Gasteiger partial charge in [0, 0.05) is 47.6 Å². The van der Waals surface area contributed by atoms with Crippen LogP contribution in [-0.4, -0.2) is 46.2 Å². The van der Waals surface area contributed by atoms with Crippen molar-refractivity contribution in [2.45, 2.75) is 13.0 Å². The van der Waals surface area contributed by atoms with Crippen LogP contribution in [0.2, 0.25) is 0 Å². The van der Waals surface area contributed by atoms with Crippen LogP contribution in [0, 0.1) is 17.3 Å². The number of methoxy groups -OCH3 is 1. The van der Waals surface area contributed by atoms with Crippen LogP contribution in [0.15, 0.2) is 42.0 Å². The Hall–Kier alpha value is -4.23. The van der Waals surface area contributed by atoms with Gasteiger partial charge in [0.25, 0.3) is 5.91 Å². The molecule has 0 aliphatic carbocycles. The number of nitrogens with one attached hydrogen (secondary N) is 1. The van der Waals surface area contributed by atoms with Crippen LogP contribution in [0.3, 0.4) is 0 Å². The lowest BCUT2D eigenvalue weighted by molar-refractivity contribution is -0.127. The summed E-state index contributed by atoms with van der Waals surface area (Å²) in [6, 6.07) is 7.08. The van der Waals surface area contributed by atoms with Gasteiger partial charge in [0.05, 0.1) is 19.2 Å². The van der Waals surface area contributed by atoms with Gasteiger partial charge in [-0.3, -0.25) is 24.7 Å². The van der Waals surface area contributed by atoms with E-state index in [0.29, 0.717) is 34.2 Å². The highest BCUT2D eigenvalue weighted by Gasteiger charge is 2.48. The molecule has 1 aromatic carbocycles. The van der Waals surface area contributed by atoms with Crippen molar-refractivity contribution >= 4 is 34.2 Å². The second kappa shape index (κ2) is 8.28. The third kappa shape index (κ3) is 3.86. The number of nitrogens with zero attached hydrogens (tertiary/aromatic N) is 3. The van der Waals surface area contributed by atoms with Gasteiger partial charge in [-0.1, -0.05) is 17.9 Å². The van der Waals surface area contributed by atoms with Crippen LogP contribution in [-0.2, 0) is 16.1 Å². The molecule has 1 saturated heterocycles. The number of carbonyl (C=O) groups excluding carboxylic acids is 3. The minimum atomic E-state index is -1.36. The summed E-state index contributed by atoms with van der Waals surface area (Å²) in [6.07, 6.45) is 3.09. The standard InChI is InChI=1S/C24H19N5O4S/c1-33-17-3-2-15-11-29(21(31)18(15)7-17)13-24(8-20(30)28-22(24)32)5-4-14-6-16(10-26-9-14)19-12-34-23(25)27-19/h2-3,6-7,9-10,12H,8,11,13H2,1H3,(H2,25,27)(H,28,30,32)/t24-/m1/s1. The van der Waals surface area contributed by atoms with E-state index in [9.17, 15) is 14.4 Å². The van der Waals surface area contributed by atoms with Gasteiger partial charge >= 0.3 is 0 Å². The maximum atomic E-state index is 13.0. The third-order valence-corrected chi connectivity index (χ3v) is 6.48. The fourth-order valence-electron chi connectivity index (χ4n) is 4.09. The zero-order valence-electron chi connectivity index (χ0n) is 18.1. The number of amides is 3. The Morgan fingerprint density at radius 1 is 1.26 bits per heavy atom. The van der Waals surface area contributed by atoms with Gasteiger partial charge in [0.15, 0.2) is 5.13 Å². The molecule has 170 valence electrons. The van der Waals surface area contributed by atoms with Crippen molar-refractivity contribution in [1.82, 2.24) is 20.2 Å². The Labute approximate surface area is 199 Å². The Morgan fingerprint density at radius 2 is 2.12 bits per heavy atom. The van der Waals surface area contributed by atoms with Gasteiger partial charge < -0.3 is 15.4 Å². The Bertz CT molecular complexity index is 1410. The Kier molecular flexibility index (Phi) is 5.26. The molecule has 1 fully saturated rings. The van der Waals surface area contributed by atoms with E-state index in [4.69, 9.17) is 10.5 Å². The number of aromatic nitrogens is 2. The van der Waals surface area contributed by atoms with Gasteiger partial charge in [-0.05, 0) is 23.8 Å². The first-order valence-electron chi connectivity index (χ1n) is 10.4. The highest BCUT2D eigenvalue weighted by Crippen LogP contribution is 2.34. The summed E-state index contributed by atoms with van der Waals surface area (Å²) in [4.78, 5) is 48.0. The molecule has 4 heterocycles. The van der Waals surface area contributed by atoms with Crippen molar-refractivity contribution in [1.29, 1.82) is 0 Å². The van der Waals surface area contributed by atoms with E-state index in [0.717, 1.165) is 11.1 Å². The number of hydrogen-bond donors (Lipinski definition) is 2. The number of carbonyl (C=O) groups is 3. The van der Waals surface area contributed by atoms with Gasteiger partial charge in [-0.15, -0.1) is 11.3 Å². The number of nitrogens with two attached hydrogens (primary N) is 1. The monoisotopic (exact) mass is 473 g/mol. The number of rotatable bonds is 4. The van der Waals surface area contributed by atoms with Crippen LogP contribution < -0.4 is 15.8 Å². The Morgan fingerprint density at radius 3 is 2.82 bits per heavy atom. The number of imide groups is 1. The number of hydrogen-bond acceptors (Lipinski definition) is 8. The molecular weight excluding hydrogens is 454 g/mol. The van der Waals surface area contributed by atoms with Gasteiger partial charge in [0.2, 0.25) is 11.8 Å². The van der Waals surface area contributed by atoms with Crippen LogP contribution in [0.25, 0.3) is 11.3 Å². The van der Waals surface area contributed by atoms with E-state index in [1.165, 1.54) is 18.4 Å². The average Bonchev–Trinajstić information content (AvgIpc) is 3.48. The second-order valence-corrected chi connectivity index (χ2v) is 8.99. The molecule has 2 aromatic heterocycles. The van der Waals surface area contributed by atoms with Crippen LogP contribution in [0.5, 0.6) is 5.75 Å². The summed E-state index contributed by atoms with van der Waals surface area (Å²) in [5.74, 6) is 5.39. The number of ether oxygens (including phenoxy) is 1. The van der Waals surface area contributed by atoms with Crippen LogP contribution >= 0.6 is 11.3 Å². The largest absolute Gasteiger partial charge is 0.497 e. The van der Waals surface area contributed by atoms with Crippen molar-refractivity contribution < 1.29 is 19.1 Å². The molecule has 3 aromatic rings. The number of pyridine rings is 1. The van der Waals surface area contributed by atoms with Gasteiger partial charge in [-0.25, -0.2) is 4.98 Å². The number of thiazole rings is 1. The second-order valence-electron chi connectivity index (χ2n) is 8.10. The van der Waals surface area contributed by atoms with E-state index in [2.05, 4.69) is 27.1 Å². The average molecular weight is 474 g/mol. The Balaban J connectivity index is 1.45. The number of fused-ring (bicyclic) bond motifs is 1. The maximum absolute atomic E-state index is 13.0. The van der Waals surface area contributed by atoms with Crippen molar-refractivity contribution in [3.8, 4) is 28.8 Å². The first kappa shape index (κ1) is 21.6. The van der Waals surface area contributed by atoms with Crippen LogP contribution in [0.4, 0.5) is 5.13 Å². The summed E-state index contributed by atoms with van der Waals surface area (Å²) in [5.41, 5.74) is 7.68. The molecule has 5 rings (SSSR count). The molecule has 1 atom stereocenters. The van der Waals surface area contributed by atoms with E-state index in [1.54, 1.807) is 35.5 Å². The first-order valence-corrected chi connectivity index (χ1v) is 11.2. The fraction of sp³-hybridized carbons (Fsp3) is 0.208. The molecule has 0 bridgehead atoms. The molecule has 0 unspecified atom stereocenters. The lowest BCUT2D eigenvalue weighted by Gasteiger charge is -2.25. The molecular formula is C24H19N5O4S. The predicted molar refractivity (Wildman–Crippen MR) is 125 cm³/mol. The summed E-state index contributed by atoms with van der Waals surface area (Å²) in [5, 5.41) is 4.60. The smallest absolute Gasteiger partial charge is 0.254 e. The zero-order valence-corrected chi connectivity index (χ0v) is 18.9. The van der Waals surface area contributed by atoms with E-state index in [1.807, 2.05) is 11.4 Å².